The van der Waals surface area contributed by atoms with Gasteiger partial charge in [0.25, 0.3) is 0 Å². The van der Waals surface area contributed by atoms with Crippen LogP contribution >= 0.6 is 0 Å². The summed E-state index contributed by atoms with van der Waals surface area (Å²) >= 11 is 0. The second-order valence-corrected chi connectivity index (χ2v) is 5.44. The van der Waals surface area contributed by atoms with Crippen molar-refractivity contribution in [2.24, 2.45) is 0 Å². The van der Waals surface area contributed by atoms with E-state index in [0.717, 1.165) is 23.5 Å². The molecule has 0 bridgehead atoms. The van der Waals surface area contributed by atoms with Crippen molar-refractivity contribution >= 4 is 11.4 Å². The summed E-state index contributed by atoms with van der Waals surface area (Å²) in [6.07, 6.45) is 2.58. The van der Waals surface area contributed by atoms with E-state index in [4.69, 9.17) is 0 Å². The normalized spacial score (nSPS) is 14.3. The van der Waals surface area contributed by atoms with Crippen LogP contribution in [-0.4, -0.2) is 6.04 Å². The molecule has 0 spiro atoms. The molecule has 0 aliphatic heterocycles. The van der Waals surface area contributed by atoms with E-state index in [1.54, 1.807) is 6.07 Å². The highest BCUT2D eigenvalue weighted by Crippen LogP contribution is 2.23. The van der Waals surface area contributed by atoms with E-state index in [1.165, 1.54) is 30.5 Å². The third kappa shape index (κ3) is 3.36. The second-order valence-electron chi connectivity index (χ2n) is 5.44. The highest BCUT2D eigenvalue weighted by Gasteiger charge is 2.19. The van der Waals surface area contributed by atoms with Gasteiger partial charge in [0.15, 0.2) is 0 Å². The van der Waals surface area contributed by atoms with Gasteiger partial charge in [-0.1, -0.05) is 18.2 Å². The molecule has 20 heavy (non-hydrogen) atoms. The molecule has 0 radical (unpaired) electrons. The Kier molecular flexibility index (Phi) is 3.70. The smallest absolute Gasteiger partial charge is 0.125 e. The Hall–Kier alpha value is -1.87. The molecule has 2 nitrogen and oxygen atoms in total. The Bertz CT molecular complexity index is 606. The third-order valence-corrected chi connectivity index (χ3v) is 3.58. The number of nitrogens with one attached hydrogen (secondary N) is 2. The van der Waals surface area contributed by atoms with Gasteiger partial charge in [0.1, 0.15) is 5.82 Å². The van der Waals surface area contributed by atoms with Crippen molar-refractivity contribution in [1.29, 1.82) is 0 Å². The summed E-state index contributed by atoms with van der Waals surface area (Å²) in [4.78, 5) is 0. The van der Waals surface area contributed by atoms with Crippen LogP contribution in [0, 0.1) is 12.7 Å². The minimum atomic E-state index is -0.218. The van der Waals surface area contributed by atoms with E-state index in [-0.39, 0.29) is 5.82 Å². The lowest BCUT2D eigenvalue weighted by Crippen LogP contribution is -2.15. The van der Waals surface area contributed by atoms with Crippen molar-refractivity contribution in [1.82, 2.24) is 5.32 Å². The Balaban J connectivity index is 1.72. The second kappa shape index (κ2) is 5.63. The monoisotopic (exact) mass is 270 g/mol. The molecule has 3 rings (SSSR count). The molecule has 1 aliphatic carbocycles. The van der Waals surface area contributed by atoms with Crippen LogP contribution in [0.4, 0.5) is 15.8 Å². The highest BCUT2D eigenvalue weighted by molar-refractivity contribution is 5.63. The standard InChI is InChI=1S/C17H19FN2/c1-12-5-6-14(18)10-17(12)20-16-4-2-3-13(9-16)11-19-15-7-8-15/h2-6,9-10,15,19-20H,7-8,11H2,1H3. The number of hydrogen-bond acceptors (Lipinski definition) is 2. The summed E-state index contributed by atoms with van der Waals surface area (Å²) in [5.74, 6) is -0.218. The first-order valence-electron chi connectivity index (χ1n) is 7.06. The van der Waals surface area contributed by atoms with Crippen LogP contribution in [0.15, 0.2) is 42.5 Å². The topological polar surface area (TPSA) is 24.1 Å². The molecule has 0 aromatic heterocycles. The first kappa shape index (κ1) is 13.1. The Labute approximate surface area is 119 Å². The summed E-state index contributed by atoms with van der Waals surface area (Å²) in [7, 11) is 0. The van der Waals surface area contributed by atoms with Crippen LogP contribution in [0.3, 0.4) is 0 Å². The molecule has 0 unspecified atom stereocenters. The number of anilines is 2. The number of hydrogen-bond donors (Lipinski definition) is 2. The van der Waals surface area contributed by atoms with Gasteiger partial charge >= 0.3 is 0 Å². The fourth-order valence-electron chi connectivity index (χ4n) is 2.19. The van der Waals surface area contributed by atoms with Crippen LogP contribution in [0.5, 0.6) is 0 Å². The molecular formula is C17H19FN2. The molecule has 104 valence electrons. The summed E-state index contributed by atoms with van der Waals surface area (Å²) in [6.45, 7) is 2.86. The van der Waals surface area contributed by atoms with E-state index >= 15 is 0 Å². The maximum absolute atomic E-state index is 13.3. The lowest BCUT2D eigenvalue weighted by Gasteiger charge is -2.11. The van der Waals surface area contributed by atoms with Gasteiger partial charge in [-0.25, -0.2) is 4.39 Å². The molecule has 2 N–H and O–H groups in total. The van der Waals surface area contributed by atoms with Crippen molar-refractivity contribution in [3.8, 4) is 0 Å². The molecule has 0 saturated heterocycles. The predicted molar refractivity (Wildman–Crippen MR) is 80.7 cm³/mol. The van der Waals surface area contributed by atoms with E-state index < -0.39 is 0 Å². The molecule has 3 heteroatoms. The molecule has 2 aromatic rings. The van der Waals surface area contributed by atoms with Gasteiger partial charge in [-0.15, -0.1) is 0 Å². The zero-order valence-electron chi connectivity index (χ0n) is 11.6. The molecule has 1 aliphatic rings. The highest BCUT2D eigenvalue weighted by atomic mass is 19.1. The fraction of sp³-hybridized carbons (Fsp3) is 0.294. The van der Waals surface area contributed by atoms with Gasteiger partial charge in [0, 0.05) is 24.0 Å². The Morgan fingerprint density at radius 3 is 2.80 bits per heavy atom. The van der Waals surface area contributed by atoms with Crippen LogP contribution < -0.4 is 10.6 Å². The number of halogens is 1. The SMILES string of the molecule is Cc1ccc(F)cc1Nc1cccc(CNC2CC2)c1. The molecule has 0 amide bonds. The summed E-state index contributed by atoms with van der Waals surface area (Å²) in [5.41, 5.74) is 4.09. The molecule has 1 fully saturated rings. The van der Waals surface area contributed by atoms with Crippen LogP contribution in [-0.2, 0) is 6.54 Å². The zero-order chi connectivity index (χ0) is 13.9. The number of benzene rings is 2. The zero-order valence-corrected chi connectivity index (χ0v) is 11.6. The first-order valence-corrected chi connectivity index (χ1v) is 7.06. The van der Waals surface area contributed by atoms with E-state index in [1.807, 2.05) is 19.1 Å². The van der Waals surface area contributed by atoms with E-state index in [0.29, 0.717) is 6.04 Å². The third-order valence-electron chi connectivity index (χ3n) is 3.58. The fourth-order valence-corrected chi connectivity index (χ4v) is 2.19. The van der Waals surface area contributed by atoms with Gasteiger partial charge in [-0.3, -0.25) is 0 Å². The minimum Gasteiger partial charge on any atom is -0.355 e. The largest absolute Gasteiger partial charge is 0.355 e. The van der Waals surface area contributed by atoms with Gasteiger partial charge in [-0.05, 0) is 55.2 Å². The Morgan fingerprint density at radius 1 is 1.15 bits per heavy atom. The average Bonchev–Trinajstić information content (AvgIpc) is 3.25. The maximum atomic E-state index is 13.3. The molecule has 0 atom stereocenters. The molecule has 2 aromatic carbocycles. The van der Waals surface area contributed by atoms with Crippen molar-refractivity contribution < 1.29 is 4.39 Å². The maximum Gasteiger partial charge on any atom is 0.125 e. The summed E-state index contributed by atoms with van der Waals surface area (Å²) in [5, 5.41) is 6.79. The van der Waals surface area contributed by atoms with Crippen LogP contribution in [0.1, 0.15) is 24.0 Å². The first-order chi connectivity index (χ1) is 9.70. The quantitative estimate of drug-likeness (QED) is 0.853. The van der Waals surface area contributed by atoms with Gasteiger partial charge < -0.3 is 10.6 Å². The summed E-state index contributed by atoms with van der Waals surface area (Å²) in [6, 6.07) is 13.8. The van der Waals surface area contributed by atoms with Crippen molar-refractivity contribution in [3.05, 3.63) is 59.4 Å². The van der Waals surface area contributed by atoms with Gasteiger partial charge in [0.2, 0.25) is 0 Å². The predicted octanol–water partition coefficient (Wildman–Crippen LogP) is 4.13. The lowest BCUT2D eigenvalue weighted by atomic mass is 10.1. The Morgan fingerprint density at radius 2 is 2.00 bits per heavy atom. The molecule has 1 saturated carbocycles. The molecular weight excluding hydrogens is 251 g/mol. The average molecular weight is 270 g/mol. The van der Waals surface area contributed by atoms with Gasteiger partial charge in [-0.2, -0.15) is 0 Å². The van der Waals surface area contributed by atoms with Crippen molar-refractivity contribution in [2.75, 3.05) is 5.32 Å². The van der Waals surface area contributed by atoms with Crippen molar-refractivity contribution in [3.63, 3.8) is 0 Å². The van der Waals surface area contributed by atoms with Crippen molar-refractivity contribution in [2.45, 2.75) is 32.4 Å². The molecule has 0 heterocycles. The lowest BCUT2D eigenvalue weighted by molar-refractivity contribution is 0.628. The van der Waals surface area contributed by atoms with Gasteiger partial charge in [0.05, 0.1) is 0 Å². The number of aryl methyl sites for hydroxylation is 1. The van der Waals surface area contributed by atoms with E-state index in [9.17, 15) is 4.39 Å². The summed E-state index contributed by atoms with van der Waals surface area (Å²) < 4.78 is 13.3. The van der Waals surface area contributed by atoms with E-state index in [2.05, 4.69) is 22.8 Å². The number of rotatable bonds is 5. The van der Waals surface area contributed by atoms with Crippen LogP contribution in [0.2, 0.25) is 0 Å². The minimum absolute atomic E-state index is 0.218. The van der Waals surface area contributed by atoms with Crippen LogP contribution in [0.25, 0.3) is 0 Å².